The van der Waals surface area contributed by atoms with E-state index in [2.05, 4.69) is 0 Å². The Hall–Kier alpha value is -3.19. The molecule has 1 amide bonds. The minimum Gasteiger partial charge on any atom is -0.445 e. The minimum absolute atomic E-state index is 0.101. The molecule has 2 fully saturated rings. The Kier molecular flexibility index (Phi) is 8.32. The van der Waals surface area contributed by atoms with Gasteiger partial charge < -0.3 is 15.2 Å². The molecule has 2 N–H and O–H groups in total. The Morgan fingerprint density at radius 1 is 0.919 bits per heavy atom. The summed E-state index contributed by atoms with van der Waals surface area (Å²) in [6.07, 6.45) is 3.73. The van der Waals surface area contributed by atoms with Crippen LogP contribution in [0, 0.1) is 17.3 Å². The van der Waals surface area contributed by atoms with Crippen molar-refractivity contribution in [1.82, 2.24) is 4.90 Å². The third-order valence-corrected chi connectivity index (χ3v) is 7.60. The molecule has 7 nitrogen and oxygen atoms in total. The van der Waals surface area contributed by atoms with Crippen molar-refractivity contribution in [2.75, 3.05) is 0 Å². The van der Waals surface area contributed by atoms with Crippen LogP contribution in [0.25, 0.3) is 0 Å². The number of esters is 2. The SMILES string of the molecule is CC(C)(C)C(C(=O)OC(=O)[C@@H](N)Cc1ccccc1)N(C(=O)OCc1ccccc1)C1CC2CCC1C2. The number of nitrogens with zero attached hydrogens (tertiary/aromatic N) is 1. The first-order valence-electron chi connectivity index (χ1n) is 13.2. The predicted octanol–water partition coefficient (Wildman–Crippen LogP) is 4.87. The van der Waals surface area contributed by atoms with E-state index >= 15 is 0 Å². The fourth-order valence-electron chi connectivity index (χ4n) is 5.84. The summed E-state index contributed by atoms with van der Waals surface area (Å²) in [5, 5.41) is 0. The maximum atomic E-state index is 13.6. The molecular formula is C30H38N2O5. The number of ether oxygens (including phenoxy) is 2. The first-order chi connectivity index (χ1) is 17.6. The largest absolute Gasteiger partial charge is 0.445 e. The van der Waals surface area contributed by atoms with E-state index in [1.165, 1.54) is 0 Å². The topological polar surface area (TPSA) is 98.9 Å². The van der Waals surface area contributed by atoms with Gasteiger partial charge in [0.15, 0.2) is 0 Å². The fourth-order valence-corrected chi connectivity index (χ4v) is 5.84. The van der Waals surface area contributed by atoms with Crippen LogP contribution in [0.4, 0.5) is 4.79 Å². The van der Waals surface area contributed by atoms with Crippen LogP contribution < -0.4 is 5.73 Å². The standard InChI is InChI=1S/C30H38N2O5/c1-30(2,3)26(28(34)37-27(33)24(31)17-20-10-6-4-7-11-20)32(25-18-22-14-15-23(25)16-22)29(35)36-19-21-12-8-5-9-13-21/h4-13,22-26H,14-19,31H2,1-3H3/t22?,23?,24-,25?,26?/m0/s1. The van der Waals surface area contributed by atoms with Crippen molar-refractivity contribution in [3.8, 4) is 0 Å². The molecule has 0 aromatic heterocycles. The van der Waals surface area contributed by atoms with Crippen LogP contribution in [0.3, 0.4) is 0 Å². The Balaban J connectivity index is 1.53. The van der Waals surface area contributed by atoms with E-state index < -0.39 is 35.5 Å². The van der Waals surface area contributed by atoms with Gasteiger partial charge in [0.25, 0.3) is 0 Å². The Labute approximate surface area is 219 Å². The van der Waals surface area contributed by atoms with Gasteiger partial charge in [-0.2, -0.15) is 0 Å². The van der Waals surface area contributed by atoms with Crippen molar-refractivity contribution in [2.45, 2.75) is 77.6 Å². The van der Waals surface area contributed by atoms with Crippen LogP contribution in [-0.2, 0) is 32.1 Å². The Bertz CT molecular complexity index is 1080. The first kappa shape index (κ1) is 26.9. The second-order valence-electron chi connectivity index (χ2n) is 11.5. The average molecular weight is 507 g/mol. The van der Waals surface area contributed by atoms with E-state index in [1.807, 2.05) is 81.4 Å². The highest BCUT2D eigenvalue weighted by Crippen LogP contribution is 2.48. The van der Waals surface area contributed by atoms with Crippen LogP contribution in [0.1, 0.15) is 57.6 Å². The van der Waals surface area contributed by atoms with Crippen molar-refractivity contribution >= 4 is 18.0 Å². The van der Waals surface area contributed by atoms with Gasteiger partial charge in [-0.1, -0.05) is 87.9 Å². The second-order valence-corrected chi connectivity index (χ2v) is 11.5. The highest BCUT2D eigenvalue weighted by molar-refractivity contribution is 5.93. The molecule has 0 aliphatic heterocycles. The van der Waals surface area contributed by atoms with Crippen LogP contribution >= 0.6 is 0 Å². The number of nitrogens with two attached hydrogens (primary N) is 1. The van der Waals surface area contributed by atoms with Crippen LogP contribution in [0.15, 0.2) is 60.7 Å². The normalized spacial score (nSPS) is 22.2. The highest BCUT2D eigenvalue weighted by Gasteiger charge is 2.51. The molecule has 0 spiro atoms. The van der Waals surface area contributed by atoms with Crippen molar-refractivity contribution in [3.63, 3.8) is 0 Å². The predicted molar refractivity (Wildman–Crippen MR) is 140 cm³/mol. The second kappa shape index (κ2) is 11.5. The molecule has 4 unspecified atom stereocenters. The van der Waals surface area contributed by atoms with E-state index in [9.17, 15) is 14.4 Å². The zero-order valence-corrected chi connectivity index (χ0v) is 22.0. The third-order valence-electron chi connectivity index (χ3n) is 7.60. The zero-order valence-electron chi connectivity index (χ0n) is 22.0. The number of amides is 1. The van der Waals surface area contributed by atoms with Gasteiger partial charge >= 0.3 is 18.0 Å². The lowest BCUT2D eigenvalue weighted by atomic mass is 9.83. The van der Waals surface area contributed by atoms with Crippen LogP contribution in [0.5, 0.6) is 0 Å². The number of carbonyl (C=O) groups is 3. The van der Waals surface area contributed by atoms with Gasteiger partial charge in [0.1, 0.15) is 18.7 Å². The molecule has 2 aliphatic carbocycles. The molecule has 2 saturated carbocycles. The quantitative estimate of drug-likeness (QED) is 0.405. The van der Waals surface area contributed by atoms with Gasteiger partial charge in [0, 0.05) is 6.04 Å². The summed E-state index contributed by atoms with van der Waals surface area (Å²) in [5.74, 6) is -0.714. The smallest absolute Gasteiger partial charge is 0.411 e. The van der Waals surface area contributed by atoms with Crippen molar-refractivity contribution in [2.24, 2.45) is 23.0 Å². The van der Waals surface area contributed by atoms with Gasteiger partial charge in [0.05, 0.1) is 0 Å². The lowest BCUT2D eigenvalue weighted by molar-refractivity contribution is -0.168. The molecule has 7 heteroatoms. The molecule has 0 saturated heterocycles. The molecule has 5 atom stereocenters. The summed E-state index contributed by atoms with van der Waals surface area (Å²) in [6, 6.07) is 16.7. The minimum atomic E-state index is -0.993. The van der Waals surface area contributed by atoms with Crippen LogP contribution in [-0.4, -0.2) is 41.1 Å². The van der Waals surface area contributed by atoms with E-state index in [0.29, 0.717) is 11.8 Å². The summed E-state index contributed by atoms with van der Waals surface area (Å²) in [7, 11) is 0. The first-order valence-corrected chi connectivity index (χ1v) is 13.2. The summed E-state index contributed by atoms with van der Waals surface area (Å²) < 4.78 is 11.1. The molecule has 4 rings (SSSR count). The number of fused-ring (bicyclic) bond motifs is 2. The third kappa shape index (κ3) is 6.58. The maximum Gasteiger partial charge on any atom is 0.411 e. The number of hydrogen-bond acceptors (Lipinski definition) is 6. The Morgan fingerprint density at radius 3 is 2.08 bits per heavy atom. The zero-order chi connectivity index (χ0) is 26.6. The fraction of sp³-hybridized carbons (Fsp3) is 0.500. The number of rotatable bonds is 8. The Morgan fingerprint density at radius 2 is 1.54 bits per heavy atom. The summed E-state index contributed by atoms with van der Waals surface area (Å²) in [6.45, 7) is 5.72. The number of hydrogen-bond donors (Lipinski definition) is 1. The van der Waals surface area contributed by atoms with Crippen LogP contribution in [0.2, 0.25) is 0 Å². The van der Waals surface area contributed by atoms with E-state index in [1.54, 1.807) is 4.90 Å². The maximum absolute atomic E-state index is 13.6. The molecule has 37 heavy (non-hydrogen) atoms. The van der Waals surface area contributed by atoms with Crippen molar-refractivity contribution in [1.29, 1.82) is 0 Å². The highest BCUT2D eigenvalue weighted by atomic mass is 16.6. The lowest BCUT2D eigenvalue weighted by Crippen LogP contribution is -2.58. The summed E-state index contributed by atoms with van der Waals surface area (Å²) in [4.78, 5) is 41.6. The van der Waals surface area contributed by atoms with Gasteiger partial charge in [-0.3, -0.25) is 4.90 Å². The molecular weight excluding hydrogens is 468 g/mol. The van der Waals surface area contributed by atoms with Crippen molar-refractivity contribution < 1.29 is 23.9 Å². The molecule has 2 aromatic carbocycles. The van der Waals surface area contributed by atoms with Gasteiger partial charge in [-0.25, -0.2) is 14.4 Å². The molecule has 0 radical (unpaired) electrons. The van der Waals surface area contributed by atoms with Gasteiger partial charge in [-0.05, 0) is 54.1 Å². The number of benzene rings is 2. The molecule has 198 valence electrons. The average Bonchev–Trinajstić information content (AvgIpc) is 3.50. The van der Waals surface area contributed by atoms with Crippen molar-refractivity contribution in [3.05, 3.63) is 71.8 Å². The summed E-state index contributed by atoms with van der Waals surface area (Å²) >= 11 is 0. The van der Waals surface area contributed by atoms with Gasteiger partial charge in [-0.15, -0.1) is 0 Å². The monoisotopic (exact) mass is 506 g/mol. The molecule has 0 heterocycles. The van der Waals surface area contributed by atoms with Gasteiger partial charge in [0.2, 0.25) is 0 Å². The van der Waals surface area contributed by atoms with E-state index in [-0.39, 0.29) is 19.1 Å². The molecule has 2 bridgehead atoms. The number of carbonyl (C=O) groups excluding carboxylic acids is 3. The summed E-state index contributed by atoms with van der Waals surface area (Å²) in [5.41, 5.74) is 7.13. The molecule has 2 aromatic rings. The van der Waals surface area contributed by atoms with E-state index in [0.717, 1.165) is 36.8 Å². The van der Waals surface area contributed by atoms with E-state index in [4.69, 9.17) is 15.2 Å². The lowest BCUT2D eigenvalue weighted by Gasteiger charge is -2.43. The molecule has 2 aliphatic rings.